The molecule has 0 radical (unpaired) electrons. The molecule has 1 unspecified atom stereocenters. The lowest BCUT2D eigenvalue weighted by Gasteiger charge is -2.23. The number of rotatable bonds is 7. The standard InChI is InChI=1S/C27H26N4O2S/c32-26(23-13-7-15-31(23)27(33)24-14-8-16-34-24)28-17-22-19-30(18-20-9-3-1-4-10-20)29-25(22)21-11-5-2-6-12-21/h1-6,8-12,14,16,19,23H,7,13,15,17-18H2,(H,28,32). The van der Waals surface area contributed by atoms with Gasteiger partial charge in [0, 0.05) is 30.4 Å². The van der Waals surface area contributed by atoms with Gasteiger partial charge in [-0.3, -0.25) is 14.3 Å². The first-order valence-corrected chi connectivity index (χ1v) is 12.3. The molecule has 7 heteroatoms. The molecule has 0 spiro atoms. The average molecular weight is 471 g/mol. The third-order valence-corrected chi connectivity index (χ3v) is 6.93. The highest BCUT2D eigenvalue weighted by atomic mass is 32.1. The molecule has 1 saturated heterocycles. The molecule has 34 heavy (non-hydrogen) atoms. The number of amides is 2. The Hall–Kier alpha value is -3.71. The van der Waals surface area contributed by atoms with Gasteiger partial charge in [-0.05, 0) is 29.9 Å². The molecule has 2 aromatic heterocycles. The number of hydrogen-bond donors (Lipinski definition) is 1. The number of carbonyl (C=O) groups excluding carboxylic acids is 2. The number of hydrogen-bond acceptors (Lipinski definition) is 4. The summed E-state index contributed by atoms with van der Waals surface area (Å²) < 4.78 is 1.92. The van der Waals surface area contributed by atoms with Gasteiger partial charge in [-0.2, -0.15) is 5.10 Å². The number of likely N-dealkylation sites (tertiary alicyclic amines) is 1. The topological polar surface area (TPSA) is 67.2 Å². The van der Waals surface area contributed by atoms with Crippen LogP contribution in [0.3, 0.4) is 0 Å². The largest absolute Gasteiger partial charge is 0.350 e. The van der Waals surface area contributed by atoms with E-state index < -0.39 is 6.04 Å². The Morgan fingerprint density at radius 1 is 1.00 bits per heavy atom. The van der Waals surface area contributed by atoms with Crippen LogP contribution in [0.4, 0.5) is 0 Å². The van der Waals surface area contributed by atoms with E-state index in [-0.39, 0.29) is 11.8 Å². The number of carbonyl (C=O) groups is 2. The summed E-state index contributed by atoms with van der Waals surface area (Å²) in [7, 11) is 0. The number of nitrogens with zero attached hydrogens (tertiary/aromatic N) is 3. The fourth-order valence-corrected chi connectivity index (χ4v) is 5.09. The molecule has 1 atom stereocenters. The van der Waals surface area contributed by atoms with Crippen LogP contribution in [-0.2, 0) is 17.9 Å². The van der Waals surface area contributed by atoms with Gasteiger partial charge in [0.05, 0.1) is 17.1 Å². The smallest absolute Gasteiger partial charge is 0.264 e. The van der Waals surface area contributed by atoms with Crippen LogP contribution < -0.4 is 5.32 Å². The predicted molar refractivity (Wildman–Crippen MR) is 133 cm³/mol. The van der Waals surface area contributed by atoms with Gasteiger partial charge in [0.15, 0.2) is 0 Å². The van der Waals surface area contributed by atoms with Gasteiger partial charge < -0.3 is 10.2 Å². The van der Waals surface area contributed by atoms with E-state index in [0.717, 1.165) is 28.8 Å². The maximum absolute atomic E-state index is 13.1. The fourth-order valence-electron chi connectivity index (χ4n) is 4.41. The molecular formula is C27H26N4O2S. The molecule has 0 aliphatic carbocycles. The summed E-state index contributed by atoms with van der Waals surface area (Å²) in [5.74, 6) is -0.175. The van der Waals surface area contributed by atoms with Crippen LogP contribution in [0.5, 0.6) is 0 Å². The van der Waals surface area contributed by atoms with Crippen molar-refractivity contribution in [3.05, 3.63) is 100 Å². The Balaban J connectivity index is 1.33. The van der Waals surface area contributed by atoms with Crippen molar-refractivity contribution >= 4 is 23.2 Å². The second-order valence-electron chi connectivity index (χ2n) is 8.40. The molecular weight excluding hydrogens is 444 g/mol. The maximum Gasteiger partial charge on any atom is 0.264 e. The molecule has 2 aromatic carbocycles. The lowest BCUT2D eigenvalue weighted by atomic mass is 10.1. The van der Waals surface area contributed by atoms with Gasteiger partial charge in [0.2, 0.25) is 5.91 Å². The summed E-state index contributed by atoms with van der Waals surface area (Å²) in [4.78, 5) is 28.4. The minimum Gasteiger partial charge on any atom is -0.350 e. The van der Waals surface area contributed by atoms with Crippen molar-refractivity contribution in [3.63, 3.8) is 0 Å². The third-order valence-electron chi connectivity index (χ3n) is 6.07. The van der Waals surface area contributed by atoms with Crippen molar-refractivity contribution in [1.82, 2.24) is 20.0 Å². The number of thiophene rings is 1. The summed E-state index contributed by atoms with van der Waals surface area (Å²) in [6.45, 7) is 1.62. The van der Waals surface area contributed by atoms with E-state index >= 15 is 0 Å². The second kappa shape index (κ2) is 10.1. The zero-order valence-electron chi connectivity index (χ0n) is 18.8. The van der Waals surface area contributed by atoms with Gasteiger partial charge in [-0.25, -0.2) is 0 Å². The molecule has 3 heterocycles. The normalized spacial score (nSPS) is 15.4. The summed E-state index contributed by atoms with van der Waals surface area (Å²) in [5.41, 5.74) is 3.97. The molecule has 1 aliphatic rings. The highest BCUT2D eigenvalue weighted by molar-refractivity contribution is 7.12. The molecule has 4 aromatic rings. The van der Waals surface area contributed by atoms with Crippen LogP contribution in [0, 0.1) is 0 Å². The van der Waals surface area contributed by atoms with Crippen molar-refractivity contribution < 1.29 is 9.59 Å². The summed E-state index contributed by atoms with van der Waals surface area (Å²) in [5, 5.41) is 9.79. The predicted octanol–water partition coefficient (Wildman–Crippen LogP) is 4.58. The zero-order valence-corrected chi connectivity index (χ0v) is 19.6. The second-order valence-corrected chi connectivity index (χ2v) is 9.35. The SMILES string of the molecule is O=C(NCc1cn(Cc2ccccc2)nc1-c1ccccc1)C1CCCN1C(=O)c1cccs1. The lowest BCUT2D eigenvalue weighted by Crippen LogP contribution is -2.45. The number of benzene rings is 2. The van der Waals surface area contributed by atoms with E-state index in [9.17, 15) is 9.59 Å². The van der Waals surface area contributed by atoms with Gasteiger partial charge in [0.25, 0.3) is 5.91 Å². The molecule has 1 fully saturated rings. The first-order chi connectivity index (χ1) is 16.7. The van der Waals surface area contributed by atoms with Crippen LogP contribution in [0.1, 0.15) is 33.6 Å². The highest BCUT2D eigenvalue weighted by Gasteiger charge is 2.34. The summed E-state index contributed by atoms with van der Waals surface area (Å²) in [6.07, 6.45) is 3.51. The first-order valence-electron chi connectivity index (χ1n) is 11.5. The summed E-state index contributed by atoms with van der Waals surface area (Å²) >= 11 is 1.41. The minimum absolute atomic E-state index is 0.0618. The van der Waals surface area contributed by atoms with Gasteiger partial charge >= 0.3 is 0 Å². The van der Waals surface area contributed by atoms with E-state index in [2.05, 4.69) is 17.4 Å². The highest BCUT2D eigenvalue weighted by Crippen LogP contribution is 2.24. The van der Waals surface area contributed by atoms with Crippen molar-refractivity contribution in [2.75, 3.05) is 6.54 Å². The zero-order chi connectivity index (χ0) is 23.3. The first kappa shape index (κ1) is 22.1. The van der Waals surface area contributed by atoms with Crippen LogP contribution in [0.15, 0.2) is 84.4 Å². The van der Waals surface area contributed by atoms with Crippen molar-refractivity contribution in [3.8, 4) is 11.3 Å². The monoisotopic (exact) mass is 470 g/mol. The average Bonchev–Trinajstić information content (AvgIpc) is 3.64. The molecule has 172 valence electrons. The van der Waals surface area contributed by atoms with Crippen molar-refractivity contribution in [2.45, 2.75) is 32.0 Å². The van der Waals surface area contributed by atoms with Crippen LogP contribution in [0.25, 0.3) is 11.3 Å². The Morgan fingerprint density at radius 3 is 2.50 bits per heavy atom. The Kier molecular flexibility index (Phi) is 6.53. The Bertz CT molecular complexity index is 1250. The number of aromatic nitrogens is 2. The van der Waals surface area contributed by atoms with Gasteiger partial charge in [-0.15, -0.1) is 11.3 Å². The molecule has 1 N–H and O–H groups in total. The third kappa shape index (κ3) is 4.79. The minimum atomic E-state index is -0.436. The molecule has 6 nitrogen and oxygen atoms in total. The maximum atomic E-state index is 13.1. The van der Waals surface area contributed by atoms with Gasteiger partial charge in [0.1, 0.15) is 6.04 Å². The van der Waals surface area contributed by atoms with Crippen LogP contribution in [-0.4, -0.2) is 39.1 Å². The molecule has 1 aliphatic heterocycles. The Labute approximate surface area is 202 Å². The van der Waals surface area contributed by atoms with Crippen LogP contribution in [0.2, 0.25) is 0 Å². The lowest BCUT2D eigenvalue weighted by molar-refractivity contribution is -0.125. The van der Waals surface area contributed by atoms with Crippen LogP contribution >= 0.6 is 11.3 Å². The number of nitrogens with one attached hydrogen (secondary N) is 1. The van der Waals surface area contributed by atoms with Crippen molar-refractivity contribution in [1.29, 1.82) is 0 Å². The van der Waals surface area contributed by atoms with E-state index in [0.29, 0.717) is 30.9 Å². The van der Waals surface area contributed by atoms with Gasteiger partial charge in [-0.1, -0.05) is 66.7 Å². The summed E-state index contributed by atoms with van der Waals surface area (Å²) in [6, 6.07) is 23.4. The molecule has 5 rings (SSSR count). The molecule has 0 bridgehead atoms. The quantitative estimate of drug-likeness (QED) is 0.430. The van der Waals surface area contributed by atoms with E-state index in [4.69, 9.17) is 5.10 Å². The van der Waals surface area contributed by atoms with E-state index in [1.54, 1.807) is 4.90 Å². The van der Waals surface area contributed by atoms with E-state index in [1.807, 2.05) is 76.9 Å². The molecule has 0 saturated carbocycles. The molecule has 2 amide bonds. The van der Waals surface area contributed by atoms with Crippen molar-refractivity contribution in [2.24, 2.45) is 0 Å². The Morgan fingerprint density at radius 2 is 1.76 bits per heavy atom. The van der Waals surface area contributed by atoms with E-state index in [1.165, 1.54) is 11.3 Å². The fraction of sp³-hybridized carbons (Fsp3) is 0.222.